The summed E-state index contributed by atoms with van der Waals surface area (Å²) in [6.07, 6.45) is 0. The smallest absolute Gasteiger partial charge is 0.253 e. The van der Waals surface area contributed by atoms with Crippen LogP contribution < -0.4 is 5.32 Å². The molecule has 1 amide bonds. The molecule has 1 heterocycles. The molecule has 100 valence electrons. The summed E-state index contributed by atoms with van der Waals surface area (Å²) in [4.78, 5) is 13.4. The average Bonchev–Trinajstić information content (AvgIpc) is 2.92. The lowest BCUT2D eigenvalue weighted by Crippen LogP contribution is -2.21. The molecule has 1 unspecified atom stereocenters. The molecule has 0 spiro atoms. The average molecular weight is 274 g/mol. The maximum absolute atomic E-state index is 11.8. The number of nitrogens with one attached hydrogen (secondary N) is 1. The van der Waals surface area contributed by atoms with Crippen molar-refractivity contribution in [3.63, 3.8) is 0 Å². The molecule has 0 fully saturated rings. The lowest BCUT2D eigenvalue weighted by molar-refractivity contribution is 0.0827. The lowest BCUT2D eigenvalue weighted by Gasteiger charge is -2.15. The van der Waals surface area contributed by atoms with Crippen molar-refractivity contribution < 1.29 is 4.79 Å². The van der Waals surface area contributed by atoms with Crippen molar-refractivity contribution in [3.05, 3.63) is 52.2 Å². The van der Waals surface area contributed by atoms with Gasteiger partial charge in [-0.05, 0) is 53.6 Å². The number of nitrogens with zero attached hydrogens (tertiary/aromatic N) is 1. The molecule has 2 aromatic rings. The van der Waals surface area contributed by atoms with Crippen molar-refractivity contribution in [2.24, 2.45) is 0 Å². The predicted molar refractivity (Wildman–Crippen MR) is 80.8 cm³/mol. The summed E-state index contributed by atoms with van der Waals surface area (Å²) in [5.41, 5.74) is 3.01. The summed E-state index contributed by atoms with van der Waals surface area (Å²) in [5, 5.41) is 7.64. The Morgan fingerprint density at radius 1 is 1.21 bits per heavy atom. The summed E-state index contributed by atoms with van der Waals surface area (Å²) in [6, 6.07) is 9.98. The van der Waals surface area contributed by atoms with Crippen LogP contribution in [-0.2, 0) is 0 Å². The van der Waals surface area contributed by atoms with E-state index in [1.807, 2.05) is 24.3 Å². The quantitative estimate of drug-likeness (QED) is 0.923. The first-order valence-electron chi connectivity index (χ1n) is 6.18. The highest BCUT2D eigenvalue weighted by molar-refractivity contribution is 7.07. The van der Waals surface area contributed by atoms with Crippen LogP contribution in [0.3, 0.4) is 0 Å². The van der Waals surface area contributed by atoms with Crippen LogP contribution in [0.25, 0.3) is 0 Å². The van der Waals surface area contributed by atoms with Gasteiger partial charge in [0.2, 0.25) is 0 Å². The Kier molecular flexibility index (Phi) is 4.22. The SMILES string of the molecule is CC(Nc1ccc(C(=O)N(C)C)cc1)c1ccsc1. The number of benzene rings is 1. The van der Waals surface area contributed by atoms with Crippen molar-refractivity contribution in [2.75, 3.05) is 19.4 Å². The first kappa shape index (κ1) is 13.6. The third-order valence-corrected chi connectivity index (χ3v) is 3.67. The van der Waals surface area contributed by atoms with Crippen LogP contribution >= 0.6 is 11.3 Å². The minimum Gasteiger partial charge on any atom is -0.378 e. The third-order valence-electron chi connectivity index (χ3n) is 2.96. The number of rotatable bonds is 4. The first-order valence-corrected chi connectivity index (χ1v) is 7.12. The number of hydrogen-bond donors (Lipinski definition) is 1. The summed E-state index contributed by atoms with van der Waals surface area (Å²) < 4.78 is 0. The number of hydrogen-bond acceptors (Lipinski definition) is 3. The van der Waals surface area contributed by atoms with E-state index in [9.17, 15) is 4.79 Å². The molecule has 0 aliphatic heterocycles. The second-order valence-electron chi connectivity index (χ2n) is 4.70. The molecule has 0 bridgehead atoms. The Bertz CT molecular complexity index is 532. The molecule has 2 rings (SSSR count). The number of thiophene rings is 1. The van der Waals surface area contributed by atoms with Crippen molar-refractivity contribution >= 4 is 22.9 Å². The van der Waals surface area contributed by atoms with E-state index in [0.29, 0.717) is 5.56 Å². The zero-order chi connectivity index (χ0) is 13.8. The van der Waals surface area contributed by atoms with Gasteiger partial charge >= 0.3 is 0 Å². The van der Waals surface area contributed by atoms with Crippen molar-refractivity contribution in [1.82, 2.24) is 4.90 Å². The molecular formula is C15H18N2OS. The van der Waals surface area contributed by atoms with Gasteiger partial charge in [0.1, 0.15) is 0 Å². The molecule has 1 atom stereocenters. The van der Waals surface area contributed by atoms with Crippen LogP contribution in [0.5, 0.6) is 0 Å². The van der Waals surface area contributed by atoms with Gasteiger partial charge in [-0.1, -0.05) is 0 Å². The molecule has 1 N–H and O–H groups in total. The van der Waals surface area contributed by atoms with Gasteiger partial charge in [0.15, 0.2) is 0 Å². The fourth-order valence-corrected chi connectivity index (χ4v) is 2.58. The van der Waals surface area contributed by atoms with Gasteiger partial charge in [0.05, 0.1) is 0 Å². The van der Waals surface area contributed by atoms with Crippen LogP contribution in [0, 0.1) is 0 Å². The van der Waals surface area contributed by atoms with Gasteiger partial charge in [-0.15, -0.1) is 0 Å². The molecule has 4 heteroatoms. The zero-order valence-electron chi connectivity index (χ0n) is 11.4. The van der Waals surface area contributed by atoms with Crippen LogP contribution in [-0.4, -0.2) is 24.9 Å². The Morgan fingerprint density at radius 2 is 1.89 bits per heavy atom. The van der Waals surface area contributed by atoms with Gasteiger partial charge in [-0.25, -0.2) is 0 Å². The Labute approximate surface area is 117 Å². The predicted octanol–water partition coefficient (Wildman–Crippen LogP) is 3.62. The number of amides is 1. The highest BCUT2D eigenvalue weighted by Gasteiger charge is 2.09. The zero-order valence-corrected chi connectivity index (χ0v) is 12.2. The lowest BCUT2D eigenvalue weighted by atomic mass is 10.1. The van der Waals surface area contributed by atoms with E-state index in [0.717, 1.165) is 5.69 Å². The Balaban J connectivity index is 2.05. The van der Waals surface area contributed by atoms with Crippen molar-refractivity contribution in [2.45, 2.75) is 13.0 Å². The van der Waals surface area contributed by atoms with E-state index >= 15 is 0 Å². The normalized spacial score (nSPS) is 11.9. The summed E-state index contributed by atoms with van der Waals surface area (Å²) >= 11 is 1.70. The van der Waals surface area contributed by atoms with Crippen molar-refractivity contribution in [3.8, 4) is 0 Å². The first-order chi connectivity index (χ1) is 9.08. The molecule has 1 aromatic heterocycles. The maximum Gasteiger partial charge on any atom is 0.253 e. The van der Waals surface area contributed by atoms with Gasteiger partial charge in [-0.3, -0.25) is 4.79 Å². The maximum atomic E-state index is 11.8. The summed E-state index contributed by atoms with van der Waals surface area (Å²) in [7, 11) is 3.51. The molecular weight excluding hydrogens is 256 g/mol. The van der Waals surface area contributed by atoms with Crippen LogP contribution in [0.4, 0.5) is 5.69 Å². The standard InChI is InChI=1S/C15H18N2OS/c1-11(13-8-9-19-10-13)16-14-6-4-12(5-7-14)15(18)17(2)3/h4-11,16H,1-3H3. The second kappa shape index (κ2) is 5.89. The van der Waals surface area contributed by atoms with Gasteiger partial charge in [0.25, 0.3) is 5.91 Å². The highest BCUT2D eigenvalue weighted by Crippen LogP contribution is 2.21. The largest absolute Gasteiger partial charge is 0.378 e. The highest BCUT2D eigenvalue weighted by atomic mass is 32.1. The van der Waals surface area contributed by atoms with E-state index in [-0.39, 0.29) is 11.9 Å². The van der Waals surface area contributed by atoms with E-state index in [1.54, 1.807) is 30.3 Å². The summed E-state index contributed by atoms with van der Waals surface area (Å²) in [6.45, 7) is 2.13. The molecule has 0 aliphatic carbocycles. The molecule has 3 nitrogen and oxygen atoms in total. The van der Waals surface area contributed by atoms with Crippen LogP contribution in [0.15, 0.2) is 41.1 Å². The number of carbonyl (C=O) groups is 1. The molecule has 0 saturated heterocycles. The van der Waals surface area contributed by atoms with Crippen LogP contribution in [0.1, 0.15) is 28.9 Å². The van der Waals surface area contributed by atoms with E-state index < -0.39 is 0 Å². The number of anilines is 1. The molecule has 0 aliphatic rings. The fourth-order valence-electron chi connectivity index (χ4n) is 1.82. The molecule has 1 aromatic carbocycles. The summed E-state index contributed by atoms with van der Waals surface area (Å²) in [5.74, 6) is 0.0254. The third kappa shape index (κ3) is 3.35. The Hall–Kier alpha value is -1.81. The van der Waals surface area contributed by atoms with Gasteiger partial charge in [-0.2, -0.15) is 11.3 Å². The minimum absolute atomic E-state index is 0.0254. The number of carbonyl (C=O) groups excluding carboxylic acids is 1. The van der Waals surface area contributed by atoms with E-state index in [1.165, 1.54) is 5.56 Å². The topological polar surface area (TPSA) is 32.3 Å². The fraction of sp³-hybridized carbons (Fsp3) is 0.267. The van der Waals surface area contributed by atoms with Gasteiger partial charge in [0, 0.05) is 31.4 Å². The van der Waals surface area contributed by atoms with E-state index in [2.05, 4.69) is 29.1 Å². The van der Waals surface area contributed by atoms with Crippen LogP contribution in [0.2, 0.25) is 0 Å². The molecule has 0 radical (unpaired) electrons. The Morgan fingerprint density at radius 3 is 2.42 bits per heavy atom. The second-order valence-corrected chi connectivity index (χ2v) is 5.48. The van der Waals surface area contributed by atoms with Gasteiger partial charge < -0.3 is 10.2 Å². The minimum atomic E-state index is 0.0254. The monoisotopic (exact) mass is 274 g/mol. The molecule has 0 saturated carbocycles. The van der Waals surface area contributed by atoms with E-state index in [4.69, 9.17) is 0 Å². The van der Waals surface area contributed by atoms with Crippen molar-refractivity contribution in [1.29, 1.82) is 0 Å². The molecule has 19 heavy (non-hydrogen) atoms.